The number of imidazole rings is 1. The van der Waals surface area contributed by atoms with Crippen molar-refractivity contribution in [2.45, 2.75) is 26.6 Å². The van der Waals surface area contributed by atoms with Crippen LogP contribution >= 0.6 is 11.3 Å². The van der Waals surface area contributed by atoms with Crippen LogP contribution in [-0.2, 0) is 20.1 Å². The molecule has 6 aromatic carbocycles. The summed E-state index contributed by atoms with van der Waals surface area (Å²) < 4.78 is 5.71. The van der Waals surface area contributed by atoms with Crippen LogP contribution in [0, 0.1) is 19.1 Å². The molecule has 0 atom stereocenters. The van der Waals surface area contributed by atoms with Gasteiger partial charge in [-0.1, -0.05) is 121 Å². The molecule has 0 fully saturated rings. The Morgan fingerprint density at radius 2 is 1.29 bits per heavy atom. The summed E-state index contributed by atoms with van der Waals surface area (Å²) in [6, 6.07) is 61.8. The maximum atomic E-state index is 5.02. The second-order valence-electron chi connectivity index (χ2n) is 15.6. The number of thiophene rings is 1. The Hall–Kier alpha value is -6.02. The first kappa shape index (κ1) is 38.5. The monoisotopic (exact) mass is 974 g/mol. The number of fused-ring (bicyclic) bond motifs is 7. The minimum absolute atomic E-state index is 0. The molecule has 0 saturated carbocycles. The second kappa shape index (κ2) is 15.6. The topological polar surface area (TPSA) is 48.5 Å². The van der Waals surface area contributed by atoms with E-state index in [2.05, 4.69) is 180 Å². The van der Waals surface area contributed by atoms with E-state index in [4.69, 9.17) is 15.0 Å². The normalized spacial score (nSPS) is 11.6. The predicted molar refractivity (Wildman–Crippen MR) is 247 cm³/mol. The number of benzene rings is 6. The third-order valence-electron chi connectivity index (χ3n) is 10.8. The van der Waals surface area contributed by atoms with Crippen LogP contribution in [0.5, 0.6) is 0 Å². The van der Waals surface area contributed by atoms with Crippen LogP contribution in [0.2, 0.25) is 19.6 Å². The van der Waals surface area contributed by atoms with Gasteiger partial charge >= 0.3 is 0 Å². The van der Waals surface area contributed by atoms with E-state index in [1.54, 1.807) is 11.3 Å². The summed E-state index contributed by atoms with van der Waals surface area (Å²) in [7, 11) is -1.35. The number of aromatic nitrogens is 5. The molecule has 0 spiro atoms. The number of pyridine rings is 2. The zero-order valence-electron chi connectivity index (χ0n) is 33.1. The van der Waals surface area contributed by atoms with Crippen molar-refractivity contribution in [3.8, 4) is 34.0 Å². The minimum Gasteiger partial charge on any atom is -0.351 e. The Bertz CT molecular complexity index is 3270. The van der Waals surface area contributed by atoms with Crippen molar-refractivity contribution in [2.75, 3.05) is 0 Å². The zero-order chi connectivity index (χ0) is 39.4. The fourth-order valence-corrected chi connectivity index (χ4v) is 10.1. The predicted octanol–water partition coefficient (Wildman–Crippen LogP) is 12.8. The smallest absolute Gasteiger partial charge is 0.113 e. The van der Waals surface area contributed by atoms with Crippen molar-refractivity contribution in [2.24, 2.45) is 0 Å². The summed E-state index contributed by atoms with van der Waals surface area (Å²) in [5, 5.41) is 6.25. The van der Waals surface area contributed by atoms with E-state index < -0.39 is 8.07 Å². The summed E-state index contributed by atoms with van der Waals surface area (Å²) in [4.78, 5) is 15.6. The Morgan fingerprint density at radius 1 is 0.593 bits per heavy atom. The van der Waals surface area contributed by atoms with Crippen LogP contribution in [0.15, 0.2) is 164 Å². The van der Waals surface area contributed by atoms with Gasteiger partial charge in [-0.2, -0.15) is 11.3 Å². The van der Waals surface area contributed by atoms with Crippen LogP contribution in [0.1, 0.15) is 5.69 Å². The standard InChI is InChI=1S/C26H23N2Si.C25H16N3S.Ir/c1-29(2,3)21-14-15-24(27-18-21)19-13-16-26-23(17-19)22-11-7-8-12-25(22)28(26)20-9-5-4-6-10-20;1-16-14-15-19-18-10-7-11-20(23(18)29-25(19)26-16)24-27-21-12-5-6-13-22(21)28(24)17-8-3-2-4-9-17;/h4-12,14-18H,1-3H3;2-10,12-15H,1H3;/q2*-1;. The molecular formula is C51H39IrN5SSi-2. The summed E-state index contributed by atoms with van der Waals surface area (Å²) in [6.07, 6.45) is 2.05. The van der Waals surface area contributed by atoms with Crippen molar-refractivity contribution in [3.05, 3.63) is 182 Å². The van der Waals surface area contributed by atoms with E-state index in [1.807, 2.05) is 31.3 Å². The second-order valence-corrected chi connectivity index (χ2v) is 21.7. The van der Waals surface area contributed by atoms with E-state index in [9.17, 15) is 0 Å². The first-order chi connectivity index (χ1) is 28.3. The van der Waals surface area contributed by atoms with Gasteiger partial charge in [0.1, 0.15) is 4.83 Å². The van der Waals surface area contributed by atoms with Gasteiger partial charge in [0.05, 0.1) is 24.9 Å². The molecule has 0 N–H and O–H groups in total. The summed E-state index contributed by atoms with van der Waals surface area (Å²) in [5.41, 5.74) is 10.8. The number of aryl methyl sites for hydroxylation is 1. The van der Waals surface area contributed by atoms with Gasteiger partial charge in [0.2, 0.25) is 0 Å². The molecule has 0 aliphatic rings. The van der Waals surface area contributed by atoms with Crippen LogP contribution in [-0.4, -0.2) is 32.2 Å². The van der Waals surface area contributed by atoms with Crippen molar-refractivity contribution in [3.63, 3.8) is 0 Å². The quantitative estimate of drug-likeness (QED) is 0.128. The molecular weight excluding hydrogens is 935 g/mol. The van der Waals surface area contributed by atoms with E-state index in [-0.39, 0.29) is 20.1 Å². The fraction of sp³-hybridized carbons (Fsp3) is 0.0784. The summed E-state index contributed by atoms with van der Waals surface area (Å²) in [5.74, 6) is 0.909. The van der Waals surface area contributed by atoms with Crippen molar-refractivity contribution in [1.29, 1.82) is 0 Å². The van der Waals surface area contributed by atoms with Crippen LogP contribution < -0.4 is 5.19 Å². The average molecular weight is 974 g/mol. The SMILES string of the molecule is C[Si](C)(C)c1ccc(-c2[c-]cc3c(c2)c2ccccc2n3-c2ccccc2)nc1.Cc1ccc2c(n1)sc1c(-c3nc4ccccc4n3-c3ccccc3)[c-]ccc12.[Ir]. The molecule has 0 aliphatic carbocycles. The molecule has 8 heteroatoms. The Balaban J connectivity index is 0.000000150. The molecule has 289 valence electrons. The molecule has 59 heavy (non-hydrogen) atoms. The van der Waals surface area contributed by atoms with Gasteiger partial charge in [-0.25, -0.2) is 4.98 Å². The Morgan fingerprint density at radius 3 is 2.02 bits per heavy atom. The molecule has 0 saturated heterocycles. The van der Waals surface area contributed by atoms with E-state index in [0.717, 1.165) is 55.6 Å². The number of nitrogens with zero attached hydrogens (tertiary/aromatic N) is 5. The van der Waals surface area contributed by atoms with E-state index >= 15 is 0 Å². The Labute approximate surface area is 362 Å². The first-order valence-corrected chi connectivity index (χ1v) is 23.8. The van der Waals surface area contributed by atoms with Gasteiger partial charge in [-0.05, 0) is 87.3 Å². The molecule has 5 aromatic heterocycles. The van der Waals surface area contributed by atoms with Crippen LogP contribution in [0.3, 0.4) is 0 Å². The van der Waals surface area contributed by atoms with Gasteiger partial charge < -0.3 is 14.1 Å². The van der Waals surface area contributed by atoms with Crippen molar-refractivity contribution >= 4 is 77.7 Å². The molecule has 0 amide bonds. The van der Waals surface area contributed by atoms with Gasteiger partial charge in [-0.3, -0.25) is 4.98 Å². The van der Waals surface area contributed by atoms with Crippen LogP contribution in [0.25, 0.3) is 87.2 Å². The molecule has 0 unspecified atom stereocenters. The van der Waals surface area contributed by atoms with E-state index in [0.29, 0.717) is 0 Å². The number of rotatable bonds is 5. The first-order valence-electron chi connectivity index (χ1n) is 19.5. The molecule has 11 rings (SSSR count). The van der Waals surface area contributed by atoms with Crippen LogP contribution in [0.4, 0.5) is 0 Å². The van der Waals surface area contributed by atoms with Crippen molar-refractivity contribution < 1.29 is 20.1 Å². The molecule has 5 nitrogen and oxygen atoms in total. The molecule has 0 aliphatic heterocycles. The minimum atomic E-state index is -1.35. The summed E-state index contributed by atoms with van der Waals surface area (Å²) in [6.45, 7) is 9.08. The largest absolute Gasteiger partial charge is 0.351 e. The van der Waals surface area contributed by atoms with Gasteiger partial charge in [-0.15, -0.1) is 42.0 Å². The van der Waals surface area contributed by atoms with Gasteiger partial charge in [0, 0.05) is 48.9 Å². The number of para-hydroxylation sites is 5. The molecule has 5 heterocycles. The fourth-order valence-electron chi connectivity index (χ4n) is 7.82. The van der Waals surface area contributed by atoms with Crippen molar-refractivity contribution in [1.82, 2.24) is 24.1 Å². The summed E-state index contributed by atoms with van der Waals surface area (Å²) >= 11 is 1.72. The molecule has 11 aromatic rings. The maximum Gasteiger partial charge on any atom is 0.113 e. The molecule has 0 bridgehead atoms. The maximum absolute atomic E-state index is 5.02. The zero-order valence-corrected chi connectivity index (χ0v) is 37.3. The third kappa shape index (κ3) is 7.02. The number of hydrogen-bond acceptors (Lipinski definition) is 4. The average Bonchev–Trinajstić information content (AvgIpc) is 3.93. The van der Waals surface area contributed by atoms with Gasteiger partial charge in [0.25, 0.3) is 0 Å². The number of hydrogen-bond donors (Lipinski definition) is 0. The van der Waals surface area contributed by atoms with Gasteiger partial charge in [0.15, 0.2) is 0 Å². The Kier molecular flexibility index (Phi) is 10.2. The molecule has 1 radical (unpaired) electrons. The third-order valence-corrected chi connectivity index (χ3v) is 13.9. The van der Waals surface area contributed by atoms with E-state index in [1.165, 1.54) is 42.5 Å².